The van der Waals surface area contributed by atoms with E-state index in [-0.39, 0.29) is 30.2 Å². The summed E-state index contributed by atoms with van der Waals surface area (Å²) in [5.41, 5.74) is 0.468. The number of halogens is 2. The maximum absolute atomic E-state index is 12.2. The largest absolute Gasteiger partial charge is 0.276 e. The zero-order chi connectivity index (χ0) is 13.6. The number of rotatable bonds is 2. The molecule has 0 N–H and O–H groups in total. The van der Waals surface area contributed by atoms with Crippen LogP contribution in [0.2, 0.25) is 10.2 Å². The Balaban J connectivity index is 1.86. The molecular weight excluding hydrogens is 287 g/mol. The number of likely N-dealkylation sites (tertiary alicyclic amines) is 1. The van der Waals surface area contributed by atoms with E-state index in [1.165, 1.54) is 4.90 Å². The number of imide groups is 1. The predicted molar refractivity (Wildman–Crippen MR) is 70.6 cm³/mol. The summed E-state index contributed by atoms with van der Waals surface area (Å²) in [5, 5.41) is 0.723. The Labute approximate surface area is 120 Å². The van der Waals surface area contributed by atoms with Crippen LogP contribution in [0.4, 0.5) is 0 Å². The molecule has 1 aliphatic heterocycles. The second-order valence-corrected chi connectivity index (χ2v) is 5.76. The highest BCUT2D eigenvalue weighted by Crippen LogP contribution is 2.40. The SMILES string of the molecule is O=C1C2CCCC2C(=O)N1Cc1nc(Cl)ccc1Cl. The van der Waals surface area contributed by atoms with Crippen molar-refractivity contribution in [2.75, 3.05) is 0 Å². The Hall–Kier alpha value is -1.13. The number of fused-ring (bicyclic) bond motifs is 1. The van der Waals surface area contributed by atoms with E-state index in [2.05, 4.69) is 4.98 Å². The van der Waals surface area contributed by atoms with E-state index < -0.39 is 0 Å². The second kappa shape index (κ2) is 4.76. The highest BCUT2D eigenvalue weighted by atomic mass is 35.5. The minimum absolute atomic E-state index is 0.0923. The average Bonchev–Trinajstić information content (AvgIpc) is 2.94. The van der Waals surface area contributed by atoms with Gasteiger partial charge in [-0.1, -0.05) is 29.6 Å². The Kier molecular flexibility index (Phi) is 3.23. The third-order valence-electron chi connectivity index (χ3n) is 3.87. The van der Waals surface area contributed by atoms with Crippen molar-refractivity contribution in [1.82, 2.24) is 9.88 Å². The first-order chi connectivity index (χ1) is 9.08. The van der Waals surface area contributed by atoms with E-state index in [1.54, 1.807) is 12.1 Å². The molecule has 4 nitrogen and oxygen atoms in total. The van der Waals surface area contributed by atoms with Crippen LogP contribution >= 0.6 is 23.2 Å². The number of hydrogen-bond donors (Lipinski definition) is 0. The van der Waals surface area contributed by atoms with Crippen molar-refractivity contribution in [3.63, 3.8) is 0 Å². The summed E-state index contributed by atoms with van der Waals surface area (Å²) in [6.07, 6.45) is 2.57. The van der Waals surface area contributed by atoms with Crippen LogP contribution in [-0.2, 0) is 16.1 Å². The minimum Gasteiger partial charge on any atom is -0.276 e. The fraction of sp³-hybridized carbons (Fsp3) is 0.462. The summed E-state index contributed by atoms with van der Waals surface area (Å²) in [6, 6.07) is 3.20. The van der Waals surface area contributed by atoms with Crippen LogP contribution in [0.1, 0.15) is 25.0 Å². The molecule has 1 aromatic rings. The lowest BCUT2D eigenvalue weighted by Gasteiger charge is -2.16. The molecule has 1 aliphatic carbocycles. The van der Waals surface area contributed by atoms with E-state index >= 15 is 0 Å². The highest BCUT2D eigenvalue weighted by molar-refractivity contribution is 6.32. The molecule has 19 heavy (non-hydrogen) atoms. The molecule has 6 heteroatoms. The molecule has 2 atom stereocenters. The van der Waals surface area contributed by atoms with Crippen molar-refractivity contribution in [1.29, 1.82) is 0 Å². The van der Waals surface area contributed by atoms with Crippen molar-refractivity contribution in [3.8, 4) is 0 Å². The fourth-order valence-electron chi connectivity index (χ4n) is 2.93. The molecule has 3 rings (SSSR count). The van der Waals surface area contributed by atoms with Gasteiger partial charge in [-0.15, -0.1) is 0 Å². The molecule has 0 aromatic carbocycles. The van der Waals surface area contributed by atoms with Gasteiger partial charge in [-0.3, -0.25) is 14.5 Å². The molecule has 2 unspecified atom stereocenters. The number of carbonyl (C=O) groups is 2. The molecule has 2 heterocycles. The van der Waals surface area contributed by atoms with E-state index in [1.807, 2.05) is 0 Å². The van der Waals surface area contributed by atoms with Crippen LogP contribution < -0.4 is 0 Å². The smallest absolute Gasteiger partial charge is 0.233 e. The van der Waals surface area contributed by atoms with Crippen LogP contribution in [0.3, 0.4) is 0 Å². The minimum atomic E-state index is -0.134. The standard InChI is InChI=1S/C13H12Cl2N2O2/c14-9-4-5-11(15)16-10(9)6-17-12(18)7-2-1-3-8(7)13(17)19/h4-5,7-8H,1-3,6H2. The third-order valence-corrected chi connectivity index (χ3v) is 4.43. The van der Waals surface area contributed by atoms with Gasteiger partial charge in [0.1, 0.15) is 5.15 Å². The van der Waals surface area contributed by atoms with Gasteiger partial charge in [-0.25, -0.2) is 4.98 Å². The lowest BCUT2D eigenvalue weighted by molar-refractivity contribution is -0.141. The zero-order valence-corrected chi connectivity index (χ0v) is 11.6. The topological polar surface area (TPSA) is 50.3 Å². The first-order valence-electron chi connectivity index (χ1n) is 6.24. The summed E-state index contributed by atoms with van der Waals surface area (Å²) < 4.78 is 0. The number of nitrogens with zero attached hydrogens (tertiary/aromatic N) is 2. The Morgan fingerprint density at radius 2 is 1.79 bits per heavy atom. The zero-order valence-electron chi connectivity index (χ0n) is 10.1. The van der Waals surface area contributed by atoms with Crippen LogP contribution in [0.5, 0.6) is 0 Å². The number of pyridine rings is 1. The molecule has 2 fully saturated rings. The van der Waals surface area contributed by atoms with Gasteiger partial charge in [-0.05, 0) is 25.0 Å². The molecule has 0 radical (unpaired) electrons. The van der Waals surface area contributed by atoms with Crippen LogP contribution in [0.15, 0.2) is 12.1 Å². The van der Waals surface area contributed by atoms with Gasteiger partial charge in [0.15, 0.2) is 0 Å². The van der Waals surface area contributed by atoms with Gasteiger partial charge < -0.3 is 0 Å². The van der Waals surface area contributed by atoms with Crippen LogP contribution in [0, 0.1) is 11.8 Å². The summed E-state index contributed by atoms with van der Waals surface area (Å²) in [7, 11) is 0. The van der Waals surface area contributed by atoms with Gasteiger partial charge in [-0.2, -0.15) is 0 Å². The monoisotopic (exact) mass is 298 g/mol. The first-order valence-corrected chi connectivity index (χ1v) is 6.99. The van der Waals surface area contributed by atoms with Crippen molar-refractivity contribution in [2.45, 2.75) is 25.8 Å². The van der Waals surface area contributed by atoms with Crippen molar-refractivity contribution in [2.24, 2.45) is 11.8 Å². The first kappa shape index (κ1) is 12.9. The predicted octanol–water partition coefficient (Wildman–Crippen LogP) is 2.67. The fourth-order valence-corrected chi connectivity index (χ4v) is 3.26. The summed E-state index contributed by atoms with van der Waals surface area (Å²) in [5.74, 6) is -0.452. The number of aromatic nitrogens is 1. The lowest BCUT2D eigenvalue weighted by atomic mass is 10.00. The quantitative estimate of drug-likeness (QED) is 0.623. The molecule has 0 spiro atoms. The molecule has 1 saturated heterocycles. The van der Waals surface area contributed by atoms with Gasteiger partial charge in [0.05, 0.1) is 29.1 Å². The molecule has 1 saturated carbocycles. The second-order valence-electron chi connectivity index (χ2n) is 4.97. The molecule has 100 valence electrons. The summed E-state index contributed by atoms with van der Waals surface area (Å²) in [6.45, 7) is 0.115. The Morgan fingerprint density at radius 1 is 1.16 bits per heavy atom. The van der Waals surface area contributed by atoms with Gasteiger partial charge in [0, 0.05) is 0 Å². The Morgan fingerprint density at radius 3 is 2.42 bits per heavy atom. The molecule has 2 aliphatic rings. The van der Waals surface area contributed by atoms with Crippen molar-refractivity contribution in [3.05, 3.63) is 28.0 Å². The maximum atomic E-state index is 12.2. The van der Waals surface area contributed by atoms with E-state index in [0.29, 0.717) is 15.9 Å². The molecule has 0 bridgehead atoms. The van der Waals surface area contributed by atoms with Gasteiger partial charge in [0.2, 0.25) is 11.8 Å². The van der Waals surface area contributed by atoms with Crippen LogP contribution in [0.25, 0.3) is 0 Å². The number of carbonyl (C=O) groups excluding carboxylic acids is 2. The van der Waals surface area contributed by atoms with Gasteiger partial charge in [0.25, 0.3) is 0 Å². The summed E-state index contributed by atoms with van der Waals surface area (Å²) >= 11 is 11.8. The Bertz CT molecular complexity index is 540. The molecular formula is C13H12Cl2N2O2. The maximum Gasteiger partial charge on any atom is 0.233 e. The number of hydrogen-bond acceptors (Lipinski definition) is 3. The normalized spacial score (nSPS) is 26.1. The molecule has 1 aromatic heterocycles. The van der Waals surface area contributed by atoms with E-state index in [0.717, 1.165) is 19.3 Å². The van der Waals surface area contributed by atoms with Crippen LogP contribution in [-0.4, -0.2) is 21.7 Å². The number of amides is 2. The van der Waals surface area contributed by atoms with Crippen molar-refractivity contribution < 1.29 is 9.59 Å². The van der Waals surface area contributed by atoms with E-state index in [4.69, 9.17) is 23.2 Å². The lowest BCUT2D eigenvalue weighted by Crippen LogP contribution is -2.31. The third kappa shape index (κ3) is 2.13. The average molecular weight is 299 g/mol. The summed E-state index contributed by atoms with van der Waals surface area (Å²) in [4.78, 5) is 29.8. The van der Waals surface area contributed by atoms with Gasteiger partial charge >= 0.3 is 0 Å². The molecule has 2 amide bonds. The highest BCUT2D eigenvalue weighted by Gasteiger charge is 2.49. The van der Waals surface area contributed by atoms with Crippen molar-refractivity contribution >= 4 is 35.0 Å². The van der Waals surface area contributed by atoms with E-state index in [9.17, 15) is 9.59 Å².